The van der Waals surface area contributed by atoms with E-state index in [1.165, 1.54) is 22.6 Å². The summed E-state index contributed by atoms with van der Waals surface area (Å²) in [5, 5.41) is 3.41. The Bertz CT molecular complexity index is 483. The van der Waals surface area contributed by atoms with Crippen LogP contribution in [-0.2, 0) is 13.5 Å². The molecular weight excluding hydrogens is 184 g/mol. The van der Waals surface area contributed by atoms with Crippen molar-refractivity contribution in [1.82, 2.24) is 4.57 Å². The predicted octanol–water partition coefficient (Wildman–Crippen LogP) is 2.66. The standard InChI is InChI=1S/C13H14N2/c1-15-12-7-8-14-11(12)9-13(15)10-5-3-2-4-6-10/h2-6,9,14H,7-8H2,1H3. The summed E-state index contributed by atoms with van der Waals surface area (Å²) in [6.45, 7) is 1.08. The van der Waals surface area contributed by atoms with E-state index >= 15 is 0 Å². The molecule has 2 nitrogen and oxygen atoms in total. The third-order valence-electron chi connectivity index (χ3n) is 3.10. The second-order valence-corrected chi connectivity index (χ2v) is 3.99. The van der Waals surface area contributed by atoms with E-state index in [2.05, 4.69) is 53.3 Å². The van der Waals surface area contributed by atoms with Gasteiger partial charge in [0.1, 0.15) is 0 Å². The number of rotatable bonds is 1. The minimum absolute atomic E-state index is 1.08. The molecule has 1 aliphatic rings. The number of nitrogens with zero attached hydrogens (tertiary/aromatic N) is 1. The number of fused-ring (bicyclic) bond motifs is 1. The normalized spacial score (nSPS) is 13.7. The minimum Gasteiger partial charge on any atom is -0.383 e. The molecule has 0 fully saturated rings. The van der Waals surface area contributed by atoms with Crippen molar-refractivity contribution in [2.45, 2.75) is 6.42 Å². The van der Waals surface area contributed by atoms with E-state index in [4.69, 9.17) is 0 Å². The van der Waals surface area contributed by atoms with E-state index in [0.717, 1.165) is 13.0 Å². The molecule has 2 heterocycles. The Morgan fingerprint density at radius 3 is 2.73 bits per heavy atom. The number of nitrogens with one attached hydrogen (secondary N) is 1. The number of anilines is 1. The van der Waals surface area contributed by atoms with Gasteiger partial charge < -0.3 is 9.88 Å². The van der Waals surface area contributed by atoms with Gasteiger partial charge in [-0.2, -0.15) is 0 Å². The third kappa shape index (κ3) is 1.25. The molecule has 1 aromatic carbocycles. The molecule has 0 saturated carbocycles. The van der Waals surface area contributed by atoms with Crippen LogP contribution in [0.3, 0.4) is 0 Å². The second kappa shape index (κ2) is 3.16. The third-order valence-corrected chi connectivity index (χ3v) is 3.10. The summed E-state index contributed by atoms with van der Waals surface area (Å²) in [5.41, 5.74) is 5.31. The molecule has 0 saturated heterocycles. The molecule has 3 rings (SSSR count). The molecule has 1 aromatic heterocycles. The first-order valence-electron chi connectivity index (χ1n) is 5.34. The quantitative estimate of drug-likeness (QED) is 0.745. The molecule has 2 heteroatoms. The summed E-state index contributed by atoms with van der Waals surface area (Å²) < 4.78 is 2.30. The number of hydrogen-bond donors (Lipinski definition) is 1. The van der Waals surface area contributed by atoms with Gasteiger partial charge in [0.25, 0.3) is 0 Å². The summed E-state index contributed by atoms with van der Waals surface area (Å²) >= 11 is 0. The van der Waals surface area contributed by atoms with E-state index < -0.39 is 0 Å². The van der Waals surface area contributed by atoms with Crippen LogP contribution >= 0.6 is 0 Å². The lowest BCUT2D eigenvalue weighted by atomic mass is 10.1. The highest BCUT2D eigenvalue weighted by molar-refractivity contribution is 5.70. The van der Waals surface area contributed by atoms with E-state index in [-0.39, 0.29) is 0 Å². The molecule has 0 atom stereocenters. The van der Waals surface area contributed by atoms with Crippen LogP contribution in [0.25, 0.3) is 11.3 Å². The zero-order valence-electron chi connectivity index (χ0n) is 8.83. The van der Waals surface area contributed by atoms with Crippen molar-refractivity contribution < 1.29 is 0 Å². The maximum absolute atomic E-state index is 3.41. The van der Waals surface area contributed by atoms with Crippen molar-refractivity contribution in [3.8, 4) is 11.3 Å². The van der Waals surface area contributed by atoms with Gasteiger partial charge in [0.2, 0.25) is 0 Å². The van der Waals surface area contributed by atoms with Gasteiger partial charge in [-0.15, -0.1) is 0 Å². The van der Waals surface area contributed by atoms with Crippen LogP contribution in [0.15, 0.2) is 36.4 Å². The van der Waals surface area contributed by atoms with Gasteiger partial charge in [0.15, 0.2) is 0 Å². The molecule has 0 bridgehead atoms. The summed E-state index contributed by atoms with van der Waals surface area (Å²) in [5.74, 6) is 0. The van der Waals surface area contributed by atoms with Crippen molar-refractivity contribution >= 4 is 5.69 Å². The maximum Gasteiger partial charge on any atom is 0.0560 e. The smallest absolute Gasteiger partial charge is 0.0560 e. The molecular formula is C13H14N2. The molecule has 1 aliphatic heterocycles. The average Bonchev–Trinajstić information content (AvgIpc) is 2.83. The molecule has 1 N–H and O–H groups in total. The van der Waals surface area contributed by atoms with Crippen molar-refractivity contribution in [2.75, 3.05) is 11.9 Å². The average molecular weight is 198 g/mol. The van der Waals surface area contributed by atoms with Crippen LogP contribution in [0.2, 0.25) is 0 Å². The topological polar surface area (TPSA) is 17.0 Å². The van der Waals surface area contributed by atoms with E-state index in [0.29, 0.717) is 0 Å². The first-order chi connectivity index (χ1) is 7.36. The number of hydrogen-bond acceptors (Lipinski definition) is 1. The van der Waals surface area contributed by atoms with Crippen LogP contribution in [0.4, 0.5) is 5.69 Å². The molecule has 0 amide bonds. The van der Waals surface area contributed by atoms with Crippen molar-refractivity contribution in [3.63, 3.8) is 0 Å². The number of aromatic nitrogens is 1. The lowest BCUT2D eigenvalue weighted by Crippen LogP contribution is -1.98. The highest BCUT2D eigenvalue weighted by Gasteiger charge is 2.17. The molecule has 0 spiro atoms. The van der Waals surface area contributed by atoms with Crippen LogP contribution in [0.5, 0.6) is 0 Å². The Labute approximate surface area is 89.5 Å². The SMILES string of the molecule is Cn1c(-c2ccccc2)cc2c1CCN2. The fourth-order valence-corrected chi connectivity index (χ4v) is 2.30. The van der Waals surface area contributed by atoms with E-state index in [1.54, 1.807) is 0 Å². The van der Waals surface area contributed by atoms with Crippen LogP contribution in [0, 0.1) is 0 Å². The van der Waals surface area contributed by atoms with E-state index in [1.807, 2.05) is 0 Å². The van der Waals surface area contributed by atoms with Gasteiger partial charge in [0.05, 0.1) is 11.4 Å². The monoisotopic (exact) mass is 198 g/mol. The highest BCUT2D eigenvalue weighted by Crippen LogP contribution is 2.31. The van der Waals surface area contributed by atoms with Gasteiger partial charge in [0, 0.05) is 25.7 Å². The highest BCUT2D eigenvalue weighted by atomic mass is 15.0. The Balaban J connectivity index is 2.14. The largest absolute Gasteiger partial charge is 0.383 e. The van der Waals surface area contributed by atoms with Gasteiger partial charge in [-0.25, -0.2) is 0 Å². The molecule has 2 aromatic rings. The summed E-state index contributed by atoms with van der Waals surface area (Å²) in [7, 11) is 2.15. The molecule has 15 heavy (non-hydrogen) atoms. The molecule has 0 aliphatic carbocycles. The molecule has 0 unspecified atom stereocenters. The van der Waals surface area contributed by atoms with Gasteiger partial charge in [-0.3, -0.25) is 0 Å². The predicted molar refractivity (Wildman–Crippen MR) is 63.0 cm³/mol. The first kappa shape index (κ1) is 8.60. The van der Waals surface area contributed by atoms with Gasteiger partial charge in [-0.05, 0) is 11.6 Å². The zero-order valence-corrected chi connectivity index (χ0v) is 8.83. The second-order valence-electron chi connectivity index (χ2n) is 3.99. The fraction of sp³-hybridized carbons (Fsp3) is 0.231. The van der Waals surface area contributed by atoms with Crippen LogP contribution in [-0.4, -0.2) is 11.1 Å². The molecule has 76 valence electrons. The van der Waals surface area contributed by atoms with Gasteiger partial charge in [-0.1, -0.05) is 30.3 Å². The minimum atomic E-state index is 1.08. The fourth-order valence-electron chi connectivity index (χ4n) is 2.30. The summed E-state index contributed by atoms with van der Waals surface area (Å²) in [6.07, 6.45) is 1.14. The zero-order chi connectivity index (χ0) is 10.3. The Morgan fingerprint density at radius 2 is 2.00 bits per heavy atom. The Kier molecular flexibility index (Phi) is 1.81. The van der Waals surface area contributed by atoms with E-state index in [9.17, 15) is 0 Å². The number of benzene rings is 1. The Morgan fingerprint density at radius 1 is 1.20 bits per heavy atom. The van der Waals surface area contributed by atoms with Gasteiger partial charge >= 0.3 is 0 Å². The Hall–Kier alpha value is -1.70. The molecule has 0 radical (unpaired) electrons. The van der Waals surface area contributed by atoms with Crippen molar-refractivity contribution in [1.29, 1.82) is 0 Å². The summed E-state index contributed by atoms with van der Waals surface area (Å²) in [4.78, 5) is 0. The van der Waals surface area contributed by atoms with Crippen LogP contribution < -0.4 is 5.32 Å². The lowest BCUT2D eigenvalue weighted by molar-refractivity contribution is 0.852. The lowest BCUT2D eigenvalue weighted by Gasteiger charge is -2.05. The van der Waals surface area contributed by atoms with Crippen molar-refractivity contribution in [3.05, 3.63) is 42.1 Å². The first-order valence-corrected chi connectivity index (χ1v) is 5.34. The summed E-state index contributed by atoms with van der Waals surface area (Å²) in [6, 6.07) is 12.8. The maximum atomic E-state index is 3.41. The van der Waals surface area contributed by atoms with Crippen LogP contribution in [0.1, 0.15) is 5.69 Å². The van der Waals surface area contributed by atoms with Crippen molar-refractivity contribution in [2.24, 2.45) is 7.05 Å².